The summed E-state index contributed by atoms with van der Waals surface area (Å²) in [5, 5.41) is 4.03. The molecule has 0 unspecified atom stereocenters. The molecule has 3 aromatic rings. The van der Waals surface area contributed by atoms with Crippen LogP contribution in [-0.2, 0) is 13.0 Å². The number of rotatable bonds is 6. The Morgan fingerprint density at radius 1 is 0.962 bits per heavy atom. The first-order chi connectivity index (χ1) is 12.6. The van der Waals surface area contributed by atoms with Crippen LogP contribution in [0.3, 0.4) is 0 Å². The number of nitrogens with zero attached hydrogens (tertiary/aromatic N) is 3. The van der Waals surface area contributed by atoms with Crippen molar-refractivity contribution in [1.29, 1.82) is 0 Å². The Hall–Kier alpha value is -3.35. The molecule has 0 atom stereocenters. The second-order valence-electron chi connectivity index (χ2n) is 5.60. The Bertz CT molecular complexity index is 1010. The smallest absolute Gasteiger partial charge is 0.352 e. The third kappa shape index (κ3) is 3.51. The van der Waals surface area contributed by atoms with Gasteiger partial charge >= 0.3 is 11.2 Å². The molecular formula is C19H19N3O4. The zero-order valence-corrected chi connectivity index (χ0v) is 14.6. The summed E-state index contributed by atoms with van der Waals surface area (Å²) in [4.78, 5) is 25.3. The first kappa shape index (κ1) is 17.5. The fourth-order valence-electron chi connectivity index (χ4n) is 2.62. The largest absolute Gasteiger partial charge is 0.497 e. The molecule has 2 aromatic carbocycles. The summed E-state index contributed by atoms with van der Waals surface area (Å²) in [7, 11) is 2.95. The monoisotopic (exact) mass is 353 g/mol. The highest BCUT2D eigenvalue weighted by Crippen LogP contribution is 2.13. The number of hydrogen-bond acceptors (Lipinski definition) is 5. The highest BCUT2D eigenvalue weighted by Gasteiger charge is 2.14. The summed E-state index contributed by atoms with van der Waals surface area (Å²) >= 11 is 0. The lowest BCUT2D eigenvalue weighted by molar-refractivity contribution is 0.365. The van der Waals surface area contributed by atoms with Crippen LogP contribution in [0.15, 0.2) is 64.2 Å². The third-order valence-electron chi connectivity index (χ3n) is 3.98. The maximum Gasteiger partial charge on any atom is 0.352 e. The van der Waals surface area contributed by atoms with Crippen LogP contribution < -0.4 is 20.7 Å². The molecule has 7 heteroatoms. The van der Waals surface area contributed by atoms with Gasteiger partial charge in [0, 0.05) is 6.54 Å². The number of aromatic nitrogens is 3. The van der Waals surface area contributed by atoms with E-state index in [4.69, 9.17) is 9.47 Å². The lowest BCUT2D eigenvalue weighted by Gasteiger charge is -2.11. The Morgan fingerprint density at radius 3 is 2.42 bits per heavy atom. The quantitative estimate of drug-likeness (QED) is 0.674. The summed E-state index contributed by atoms with van der Waals surface area (Å²) < 4.78 is 12.6. The topological polar surface area (TPSA) is 75.3 Å². The molecule has 0 bridgehead atoms. The van der Waals surface area contributed by atoms with E-state index in [1.54, 1.807) is 31.4 Å². The van der Waals surface area contributed by atoms with Crippen molar-refractivity contribution < 1.29 is 9.47 Å². The fraction of sp³-hybridized carbons (Fsp3) is 0.211. The summed E-state index contributed by atoms with van der Waals surface area (Å²) in [5.41, 5.74) is 0.459. The van der Waals surface area contributed by atoms with Crippen LogP contribution in [-0.4, -0.2) is 28.6 Å². The van der Waals surface area contributed by atoms with Crippen molar-refractivity contribution >= 4 is 0 Å². The van der Waals surface area contributed by atoms with E-state index in [2.05, 4.69) is 5.10 Å². The Morgan fingerprint density at radius 2 is 1.73 bits per heavy atom. The van der Waals surface area contributed by atoms with Crippen LogP contribution in [0.2, 0.25) is 0 Å². The molecule has 0 saturated carbocycles. The van der Waals surface area contributed by atoms with E-state index in [1.807, 2.05) is 30.3 Å². The van der Waals surface area contributed by atoms with Gasteiger partial charge in [0.1, 0.15) is 5.75 Å². The van der Waals surface area contributed by atoms with Crippen molar-refractivity contribution in [2.75, 3.05) is 14.2 Å². The average molecular weight is 353 g/mol. The van der Waals surface area contributed by atoms with Gasteiger partial charge in [0.2, 0.25) is 0 Å². The van der Waals surface area contributed by atoms with Crippen LogP contribution in [0, 0.1) is 0 Å². The van der Waals surface area contributed by atoms with E-state index in [0.29, 0.717) is 12.1 Å². The molecule has 7 nitrogen and oxygen atoms in total. The van der Waals surface area contributed by atoms with E-state index in [0.717, 1.165) is 15.9 Å². The molecule has 0 spiro atoms. The predicted octanol–water partition coefficient (Wildman–Crippen LogP) is 1.65. The van der Waals surface area contributed by atoms with Crippen molar-refractivity contribution in [2.45, 2.75) is 13.0 Å². The van der Waals surface area contributed by atoms with Gasteiger partial charge in [-0.05, 0) is 36.2 Å². The van der Waals surface area contributed by atoms with Gasteiger partial charge in [-0.15, -0.1) is 5.10 Å². The van der Waals surface area contributed by atoms with Gasteiger partial charge in [-0.2, -0.15) is 4.68 Å². The van der Waals surface area contributed by atoms with Crippen LogP contribution in [0.5, 0.6) is 11.6 Å². The summed E-state index contributed by atoms with van der Waals surface area (Å²) in [6, 6.07) is 16.4. The van der Waals surface area contributed by atoms with Gasteiger partial charge in [-0.25, -0.2) is 4.79 Å². The number of hydrogen-bond donors (Lipinski definition) is 0. The number of methoxy groups -OCH3 is 2. The van der Waals surface area contributed by atoms with Crippen LogP contribution in [0.1, 0.15) is 5.56 Å². The molecule has 0 radical (unpaired) electrons. The SMILES string of the molecule is COc1cccc(CCn2c(=O)c(OC)nn(-c3ccccc3)c2=O)c1. The number of para-hydroxylation sites is 1. The lowest BCUT2D eigenvalue weighted by atomic mass is 10.1. The molecule has 0 amide bonds. The van der Waals surface area contributed by atoms with Crippen molar-refractivity contribution in [2.24, 2.45) is 0 Å². The van der Waals surface area contributed by atoms with E-state index >= 15 is 0 Å². The first-order valence-corrected chi connectivity index (χ1v) is 8.10. The fourth-order valence-corrected chi connectivity index (χ4v) is 2.62. The molecule has 0 aliphatic rings. The molecule has 1 heterocycles. The van der Waals surface area contributed by atoms with E-state index in [-0.39, 0.29) is 12.4 Å². The molecule has 0 aliphatic heterocycles. The molecule has 134 valence electrons. The van der Waals surface area contributed by atoms with Gasteiger partial charge in [0.25, 0.3) is 5.88 Å². The molecule has 1 aromatic heterocycles. The maximum absolute atomic E-state index is 12.8. The van der Waals surface area contributed by atoms with E-state index in [1.165, 1.54) is 11.8 Å². The molecular weight excluding hydrogens is 334 g/mol. The second-order valence-corrected chi connectivity index (χ2v) is 5.60. The zero-order chi connectivity index (χ0) is 18.5. The highest BCUT2D eigenvalue weighted by atomic mass is 16.5. The minimum absolute atomic E-state index is 0.126. The zero-order valence-electron chi connectivity index (χ0n) is 14.6. The normalized spacial score (nSPS) is 10.5. The lowest BCUT2D eigenvalue weighted by Crippen LogP contribution is -2.41. The number of benzene rings is 2. The number of aryl methyl sites for hydroxylation is 1. The molecule has 0 N–H and O–H groups in total. The van der Waals surface area contributed by atoms with Gasteiger partial charge in [0.05, 0.1) is 19.9 Å². The second kappa shape index (κ2) is 7.69. The first-order valence-electron chi connectivity index (χ1n) is 8.10. The van der Waals surface area contributed by atoms with Crippen molar-refractivity contribution in [1.82, 2.24) is 14.3 Å². The van der Waals surface area contributed by atoms with E-state index in [9.17, 15) is 9.59 Å². The van der Waals surface area contributed by atoms with Gasteiger partial charge in [-0.3, -0.25) is 9.36 Å². The number of ether oxygens (including phenoxy) is 2. The maximum atomic E-state index is 12.8. The predicted molar refractivity (Wildman–Crippen MR) is 97.3 cm³/mol. The van der Waals surface area contributed by atoms with Crippen molar-refractivity contribution in [3.63, 3.8) is 0 Å². The highest BCUT2D eigenvalue weighted by molar-refractivity contribution is 5.30. The van der Waals surface area contributed by atoms with Crippen molar-refractivity contribution in [3.05, 3.63) is 81.0 Å². The van der Waals surface area contributed by atoms with Crippen LogP contribution >= 0.6 is 0 Å². The van der Waals surface area contributed by atoms with Crippen LogP contribution in [0.25, 0.3) is 5.69 Å². The molecule has 0 fully saturated rings. The average Bonchev–Trinajstić information content (AvgIpc) is 2.69. The summed E-state index contributed by atoms with van der Waals surface area (Å²) in [6.45, 7) is 0.205. The summed E-state index contributed by atoms with van der Waals surface area (Å²) in [6.07, 6.45) is 0.494. The molecule has 0 aliphatic carbocycles. The molecule has 3 rings (SSSR count). The minimum Gasteiger partial charge on any atom is -0.497 e. The van der Waals surface area contributed by atoms with Crippen molar-refractivity contribution in [3.8, 4) is 17.3 Å². The molecule has 26 heavy (non-hydrogen) atoms. The Labute approximate surface area is 150 Å². The summed E-state index contributed by atoms with van der Waals surface area (Å²) in [5.74, 6) is 0.600. The van der Waals surface area contributed by atoms with Gasteiger partial charge < -0.3 is 9.47 Å². The Balaban J connectivity index is 2.00. The Kier molecular flexibility index (Phi) is 5.17. The van der Waals surface area contributed by atoms with E-state index < -0.39 is 11.2 Å². The van der Waals surface area contributed by atoms with Crippen LogP contribution in [0.4, 0.5) is 0 Å². The van der Waals surface area contributed by atoms with Gasteiger partial charge in [0.15, 0.2) is 0 Å². The minimum atomic E-state index is -0.549. The van der Waals surface area contributed by atoms with Gasteiger partial charge in [-0.1, -0.05) is 30.3 Å². The standard InChI is InChI=1S/C19H19N3O4/c1-25-16-10-6-7-14(13-16)11-12-21-18(23)17(26-2)20-22(19(21)24)15-8-4-3-5-9-15/h3-10,13H,11-12H2,1-2H3. The third-order valence-corrected chi connectivity index (χ3v) is 3.98. The molecule has 0 saturated heterocycles.